The topological polar surface area (TPSA) is 75.6 Å². The molecule has 1 saturated carbocycles. The number of carboxylic acid groups (broad SMARTS) is 1. The van der Waals surface area contributed by atoms with E-state index in [0.29, 0.717) is 16.7 Å². The van der Waals surface area contributed by atoms with Crippen LogP contribution < -0.4 is 10.1 Å². The van der Waals surface area contributed by atoms with Gasteiger partial charge in [0.2, 0.25) is 0 Å². The summed E-state index contributed by atoms with van der Waals surface area (Å²) in [5, 5.41) is 12.0. The van der Waals surface area contributed by atoms with Crippen LogP contribution in [-0.4, -0.2) is 23.1 Å². The first-order valence-corrected chi connectivity index (χ1v) is 5.81. The molecular weight excluding hydrogens is 230 g/mol. The van der Waals surface area contributed by atoms with E-state index < -0.39 is 12.1 Å². The monoisotopic (exact) mass is 239 g/mol. The number of rotatable bonds is 2. The zero-order valence-electron chi connectivity index (χ0n) is 8.23. The maximum atomic E-state index is 11.6. The second kappa shape index (κ2) is 3.21. The van der Waals surface area contributed by atoms with Crippen LogP contribution in [-0.2, 0) is 4.79 Å². The van der Waals surface area contributed by atoms with Crippen LogP contribution in [0.4, 0.5) is 5.69 Å². The van der Waals surface area contributed by atoms with Gasteiger partial charge in [-0.2, -0.15) is 0 Å². The largest absolute Gasteiger partial charge is 0.477 e. The van der Waals surface area contributed by atoms with E-state index in [4.69, 9.17) is 9.84 Å². The quantitative estimate of drug-likeness (QED) is 0.821. The van der Waals surface area contributed by atoms with Crippen LogP contribution >= 0.6 is 11.3 Å². The molecule has 5 nitrogen and oxygen atoms in total. The van der Waals surface area contributed by atoms with Crippen molar-refractivity contribution in [3.05, 3.63) is 10.9 Å². The summed E-state index contributed by atoms with van der Waals surface area (Å²) in [7, 11) is 0. The second-order valence-electron chi connectivity index (χ2n) is 3.98. The van der Waals surface area contributed by atoms with Crippen molar-refractivity contribution >= 4 is 28.9 Å². The number of thiophene rings is 1. The molecule has 0 radical (unpaired) electrons. The lowest BCUT2D eigenvalue weighted by Gasteiger charge is -2.22. The van der Waals surface area contributed by atoms with Gasteiger partial charge in [-0.1, -0.05) is 11.3 Å². The Balaban J connectivity index is 1.92. The molecule has 6 heteroatoms. The van der Waals surface area contributed by atoms with E-state index in [-0.39, 0.29) is 10.8 Å². The first-order chi connectivity index (χ1) is 7.65. The number of amides is 1. The smallest absolute Gasteiger partial charge is 0.346 e. The van der Waals surface area contributed by atoms with E-state index >= 15 is 0 Å². The van der Waals surface area contributed by atoms with Crippen LogP contribution in [0, 0.1) is 5.92 Å². The van der Waals surface area contributed by atoms with Crippen molar-refractivity contribution in [3.63, 3.8) is 0 Å². The summed E-state index contributed by atoms with van der Waals surface area (Å²) < 4.78 is 5.54. The molecule has 16 heavy (non-hydrogen) atoms. The molecule has 1 amide bonds. The van der Waals surface area contributed by atoms with Crippen LogP contribution in [0.3, 0.4) is 0 Å². The summed E-state index contributed by atoms with van der Waals surface area (Å²) in [4.78, 5) is 22.6. The Morgan fingerprint density at radius 1 is 1.56 bits per heavy atom. The van der Waals surface area contributed by atoms with Gasteiger partial charge >= 0.3 is 5.97 Å². The minimum Gasteiger partial charge on any atom is -0.477 e. The number of hydrogen-bond acceptors (Lipinski definition) is 4. The number of carbonyl (C=O) groups is 2. The molecule has 1 aromatic rings. The minimum absolute atomic E-state index is 0.162. The second-order valence-corrected chi connectivity index (χ2v) is 5.00. The molecule has 84 valence electrons. The van der Waals surface area contributed by atoms with Crippen molar-refractivity contribution < 1.29 is 19.4 Å². The third-order valence-corrected chi connectivity index (χ3v) is 3.72. The third-order valence-electron chi connectivity index (χ3n) is 2.71. The van der Waals surface area contributed by atoms with E-state index in [9.17, 15) is 9.59 Å². The maximum absolute atomic E-state index is 11.6. The highest BCUT2D eigenvalue weighted by atomic mass is 32.1. The molecule has 3 rings (SSSR count). The highest BCUT2D eigenvalue weighted by Crippen LogP contribution is 2.43. The van der Waals surface area contributed by atoms with E-state index in [0.717, 1.165) is 24.2 Å². The van der Waals surface area contributed by atoms with Crippen LogP contribution in [0.5, 0.6) is 5.06 Å². The first-order valence-electron chi connectivity index (χ1n) is 5.00. The highest BCUT2D eigenvalue weighted by Gasteiger charge is 2.41. The van der Waals surface area contributed by atoms with Gasteiger partial charge in [0, 0.05) is 5.92 Å². The Hall–Kier alpha value is -1.56. The van der Waals surface area contributed by atoms with Gasteiger partial charge < -0.3 is 15.2 Å². The summed E-state index contributed by atoms with van der Waals surface area (Å²) in [5.41, 5.74) is 0.476. The average molecular weight is 239 g/mol. The molecule has 0 saturated heterocycles. The number of hydrogen-bond donors (Lipinski definition) is 2. The van der Waals surface area contributed by atoms with E-state index in [1.165, 1.54) is 6.07 Å². The summed E-state index contributed by atoms with van der Waals surface area (Å²) in [6, 6.07) is 1.43. The molecule has 1 aliphatic heterocycles. The number of ether oxygens (including phenoxy) is 1. The lowest BCUT2D eigenvalue weighted by molar-refractivity contribution is -0.124. The summed E-state index contributed by atoms with van der Waals surface area (Å²) in [6.07, 6.45) is 1.57. The Bertz CT molecular complexity index is 477. The summed E-state index contributed by atoms with van der Waals surface area (Å²) in [5.74, 6) is -0.867. The molecule has 1 aromatic heterocycles. The number of fused-ring (bicyclic) bond motifs is 1. The molecule has 0 bridgehead atoms. The number of carboxylic acids is 1. The molecule has 1 aliphatic carbocycles. The number of carbonyl (C=O) groups excluding carboxylic acids is 1. The number of aromatic carboxylic acids is 1. The Labute approximate surface area is 95.0 Å². The SMILES string of the molecule is O=C(O)c1cc2c(s1)OC(C1CC1)C(=O)N2. The van der Waals surface area contributed by atoms with Gasteiger partial charge in [0.1, 0.15) is 4.88 Å². The van der Waals surface area contributed by atoms with Crippen LogP contribution in [0.15, 0.2) is 6.07 Å². The van der Waals surface area contributed by atoms with Gasteiger partial charge in [0.15, 0.2) is 11.2 Å². The fourth-order valence-electron chi connectivity index (χ4n) is 1.74. The zero-order valence-corrected chi connectivity index (χ0v) is 9.04. The predicted molar refractivity (Wildman–Crippen MR) is 57.0 cm³/mol. The summed E-state index contributed by atoms with van der Waals surface area (Å²) in [6.45, 7) is 0. The van der Waals surface area contributed by atoms with Crippen molar-refractivity contribution in [1.29, 1.82) is 0 Å². The van der Waals surface area contributed by atoms with Gasteiger partial charge in [-0.05, 0) is 18.9 Å². The van der Waals surface area contributed by atoms with Crippen molar-refractivity contribution in [1.82, 2.24) is 0 Å². The zero-order chi connectivity index (χ0) is 11.3. The molecule has 2 heterocycles. The Morgan fingerprint density at radius 3 is 2.94 bits per heavy atom. The molecular formula is C10H9NO4S. The molecule has 1 atom stereocenters. The molecule has 0 spiro atoms. The molecule has 2 N–H and O–H groups in total. The predicted octanol–water partition coefficient (Wildman–Crippen LogP) is 1.56. The molecule has 1 fully saturated rings. The van der Waals surface area contributed by atoms with E-state index in [2.05, 4.69) is 5.32 Å². The van der Waals surface area contributed by atoms with Gasteiger partial charge in [-0.3, -0.25) is 4.79 Å². The van der Waals surface area contributed by atoms with Gasteiger partial charge in [-0.15, -0.1) is 0 Å². The van der Waals surface area contributed by atoms with Crippen molar-refractivity contribution in [2.24, 2.45) is 5.92 Å². The lowest BCUT2D eigenvalue weighted by Crippen LogP contribution is -2.37. The van der Waals surface area contributed by atoms with E-state index in [1.54, 1.807) is 0 Å². The fourth-order valence-corrected chi connectivity index (χ4v) is 2.57. The van der Waals surface area contributed by atoms with Crippen molar-refractivity contribution in [2.75, 3.05) is 5.32 Å². The van der Waals surface area contributed by atoms with Crippen LogP contribution in [0.2, 0.25) is 0 Å². The lowest BCUT2D eigenvalue weighted by atomic mass is 10.2. The fraction of sp³-hybridized carbons (Fsp3) is 0.400. The third kappa shape index (κ3) is 1.46. The van der Waals surface area contributed by atoms with E-state index in [1.807, 2.05) is 0 Å². The summed E-state index contributed by atoms with van der Waals surface area (Å²) >= 11 is 1.06. The van der Waals surface area contributed by atoms with Gasteiger partial charge in [-0.25, -0.2) is 4.79 Å². The number of anilines is 1. The molecule has 1 unspecified atom stereocenters. The maximum Gasteiger partial charge on any atom is 0.346 e. The standard InChI is InChI=1S/C10H9NO4S/c12-8-7(4-1-2-4)15-10-5(11-8)3-6(16-10)9(13)14/h3-4,7H,1-2H2,(H,11,12)(H,13,14). The highest BCUT2D eigenvalue weighted by molar-refractivity contribution is 7.16. The Morgan fingerprint density at radius 2 is 2.31 bits per heavy atom. The van der Waals surface area contributed by atoms with Gasteiger partial charge in [0.05, 0.1) is 5.69 Å². The van der Waals surface area contributed by atoms with Crippen LogP contribution in [0.25, 0.3) is 0 Å². The molecule has 2 aliphatic rings. The number of nitrogens with one attached hydrogen (secondary N) is 1. The van der Waals surface area contributed by atoms with Crippen LogP contribution in [0.1, 0.15) is 22.5 Å². The van der Waals surface area contributed by atoms with Gasteiger partial charge in [0.25, 0.3) is 5.91 Å². The average Bonchev–Trinajstić information content (AvgIpc) is 2.97. The Kier molecular flexibility index (Phi) is 1.94. The van der Waals surface area contributed by atoms with Crippen molar-refractivity contribution in [2.45, 2.75) is 18.9 Å². The molecule has 0 aromatic carbocycles. The van der Waals surface area contributed by atoms with Crippen molar-refractivity contribution in [3.8, 4) is 5.06 Å². The first kappa shape index (κ1) is 9.65. The minimum atomic E-state index is -1.000. The normalized spacial score (nSPS) is 23.2.